The molecule has 1 amide bonds. The Bertz CT molecular complexity index is 729. The zero-order valence-corrected chi connectivity index (χ0v) is 13.5. The van der Waals surface area contributed by atoms with Crippen LogP contribution in [0.2, 0.25) is 0 Å². The van der Waals surface area contributed by atoms with E-state index in [9.17, 15) is 14.9 Å². The van der Waals surface area contributed by atoms with Crippen LogP contribution in [0.15, 0.2) is 48.5 Å². The third-order valence-electron chi connectivity index (χ3n) is 3.84. The summed E-state index contributed by atoms with van der Waals surface area (Å²) in [6, 6.07) is 14.0. The van der Waals surface area contributed by atoms with Crippen molar-refractivity contribution in [2.45, 2.75) is 12.3 Å². The summed E-state index contributed by atoms with van der Waals surface area (Å²) in [6.07, 6.45) is 0. The molecule has 1 aliphatic rings. The van der Waals surface area contributed by atoms with Gasteiger partial charge in [0.1, 0.15) is 5.37 Å². The lowest BCUT2D eigenvalue weighted by Gasteiger charge is -2.24. The molecular weight excluding hydrogens is 312 g/mol. The summed E-state index contributed by atoms with van der Waals surface area (Å²) in [5.74, 6) is 0.799. The summed E-state index contributed by atoms with van der Waals surface area (Å²) >= 11 is 1.74. The first-order valence-electron chi connectivity index (χ1n) is 7.30. The molecule has 0 radical (unpaired) electrons. The van der Waals surface area contributed by atoms with Gasteiger partial charge in [0, 0.05) is 30.0 Å². The topological polar surface area (TPSA) is 63.5 Å². The van der Waals surface area contributed by atoms with E-state index in [1.807, 2.05) is 24.0 Å². The minimum atomic E-state index is -0.463. The number of rotatable bonds is 3. The molecule has 0 aliphatic carbocycles. The van der Waals surface area contributed by atoms with Crippen LogP contribution >= 0.6 is 11.8 Å². The summed E-state index contributed by atoms with van der Waals surface area (Å²) in [6.45, 7) is 2.71. The van der Waals surface area contributed by atoms with Gasteiger partial charge in [-0.3, -0.25) is 14.9 Å². The third-order valence-corrected chi connectivity index (χ3v) is 5.10. The number of carbonyl (C=O) groups excluding carboxylic acids is 1. The molecule has 0 N–H and O–H groups in total. The number of hydrogen-bond donors (Lipinski definition) is 0. The van der Waals surface area contributed by atoms with E-state index in [-0.39, 0.29) is 17.0 Å². The van der Waals surface area contributed by atoms with Crippen LogP contribution in [0.3, 0.4) is 0 Å². The van der Waals surface area contributed by atoms with Crippen molar-refractivity contribution in [3.8, 4) is 0 Å². The highest BCUT2D eigenvalue weighted by Crippen LogP contribution is 2.38. The number of carbonyl (C=O) groups is 1. The van der Waals surface area contributed by atoms with Crippen LogP contribution in [0, 0.1) is 17.0 Å². The summed E-state index contributed by atoms with van der Waals surface area (Å²) in [5.41, 5.74) is 2.76. The molecule has 0 unspecified atom stereocenters. The second kappa shape index (κ2) is 6.42. The predicted molar refractivity (Wildman–Crippen MR) is 90.5 cm³/mol. The van der Waals surface area contributed by atoms with E-state index in [1.54, 1.807) is 11.8 Å². The van der Waals surface area contributed by atoms with Crippen LogP contribution in [0.1, 0.15) is 26.9 Å². The molecule has 1 atom stereocenters. The maximum absolute atomic E-state index is 12.7. The minimum Gasteiger partial charge on any atom is -0.322 e. The number of nitro benzene ring substituents is 1. The van der Waals surface area contributed by atoms with E-state index in [0.29, 0.717) is 12.1 Å². The smallest absolute Gasteiger partial charge is 0.269 e. The summed E-state index contributed by atoms with van der Waals surface area (Å²) < 4.78 is 0. The zero-order chi connectivity index (χ0) is 16.4. The number of amides is 1. The second-order valence-corrected chi connectivity index (χ2v) is 6.62. The molecule has 0 saturated carbocycles. The molecule has 1 fully saturated rings. The van der Waals surface area contributed by atoms with Crippen molar-refractivity contribution >= 4 is 23.4 Å². The van der Waals surface area contributed by atoms with Crippen LogP contribution in [0.25, 0.3) is 0 Å². The second-order valence-electron chi connectivity index (χ2n) is 5.44. The lowest BCUT2D eigenvalue weighted by atomic mass is 10.1. The monoisotopic (exact) mass is 328 g/mol. The maximum Gasteiger partial charge on any atom is 0.269 e. The number of nitro groups is 1. The molecule has 2 aromatic carbocycles. The Labute approximate surface area is 138 Å². The molecule has 6 heteroatoms. The Kier molecular flexibility index (Phi) is 4.34. The van der Waals surface area contributed by atoms with Crippen LogP contribution in [0.4, 0.5) is 5.69 Å². The van der Waals surface area contributed by atoms with Crippen molar-refractivity contribution in [2.75, 3.05) is 12.3 Å². The van der Waals surface area contributed by atoms with Crippen LogP contribution < -0.4 is 0 Å². The Morgan fingerprint density at radius 3 is 2.43 bits per heavy atom. The van der Waals surface area contributed by atoms with E-state index < -0.39 is 4.92 Å². The highest BCUT2D eigenvalue weighted by Gasteiger charge is 2.31. The average Bonchev–Trinajstić information content (AvgIpc) is 3.04. The normalized spacial score (nSPS) is 17.3. The fourth-order valence-electron chi connectivity index (χ4n) is 2.58. The number of hydrogen-bond acceptors (Lipinski definition) is 4. The van der Waals surface area contributed by atoms with Gasteiger partial charge in [0.15, 0.2) is 0 Å². The van der Waals surface area contributed by atoms with Crippen molar-refractivity contribution in [3.63, 3.8) is 0 Å². The van der Waals surface area contributed by atoms with E-state index >= 15 is 0 Å². The van der Waals surface area contributed by atoms with Gasteiger partial charge in [0.2, 0.25) is 0 Å². The molecule has 118 valence electrons. The first-order chi connectivity index (χ1) is 11.1. The molecule has 2 aromatic rings. The van der Waals surface area contributed by atoms with Gasteiger partial charge in [-0.25, -0.2) is 0 Å². The van der Waals surface area contributed by atoms with Crippen molar-refractivity contribution in [3.05, 3.63) is 75.3 Å². The average molecular weight is 328 g/mol. The third kappa shape index (κ3) is 3.22. The van der Waals surface area contributed by atoms with E-state index in [0.717, 1.165) is 11.3 Å². The van der Waals surface area contributed by atoms with Gasteiger partial charge in [-0.1, -0.05) is 29.8 Å². The Hall–Kier alpha value is -2.34. The molecular formula is C17H16N2O3S. The fraction of sp³-hybridized carbons (Fsp3) is 0.235. The highest BCUT2D eigenvalue weighted by molar-refractivity contribution is 7.99. The highest BCUT2D eigenvalue weighted by atomic mass is 32.2. The molecule has 5 nitrogen and oxygen atoms in total. The summed E-state index contributed by atoms with van der Waals surface area (Å²) in [5, 5.41) is 10.7. The molecule has 0 spiro atoms. The molecule has 3 rings (SSSR count). The number of aryl methyl sites for hydroxylation is 1. The Balaban J connectivity index is 1.82. The lowest BCUT2D eigenvalue weighted by molar-refractivity contribution is -0.384. The summed E-state index contributed by atoms with van der Waals surface area (Å²) in [7, 11) is 0. The maximum atomic E-state index is 12.7. The van der Waals surface area contributed by atoms with Gasteiger partial charge in [-0.05, 0) is 24.6 Å². The van der Waals surface area contributed by atoms with E-state index in [1.165, 1.54) is 29.8 Å². The molecule has 0 aromatic heterocycles. The van der Waals surface area contributed by atoms with Gasteiger partial charge < -0.3 is 4.90 Å². The number of nitrogens with zero attached hydrogens (tertiary/aromatic N) is 2. The van der Waals surface area contributed by atoms with Crippen LogP contribution in [0.5, 0.6) is 0 Å². The molecule has 1 saturated heterocycles. The van der Waals surface area contributed by atoms with Gasteiger partial charge in [-0.2, -0.15) is 0 Å². The lowest BCUT2D eigenvalue weighted by Crippen LogP contribution is -2.30. The predicted octanol–water partition coefficient (Wildman–Crippen LogP) is 3.79. The standard InChI is InChI=1S/C17H16N2O3S/c1-12-2-4-14(5-3-12)17-18(10-11-23-17)16(20)13-6-8-15(9-7-13)19(21)22/h2-9,17H,10-11H2,1H3/t17-/m1/s1. The first-order valence-corrected chi connectivity index (χ1v) is 8.35. The number of benzene rings is 2. The number of thioether (sulfide) groups is 1. The van der Waals surface area contributed by atoms with Crippen molar-refractivity contribution in [1.29, 1.82) is 0 Å². The van der Waals surface area contributed by atoms with E-state index in [4.69, 9.17) is 0 Å². The zero-order valence-electron chi connectivity index (χ0n) is 12.6. The first kappa shape index (κ1) is 15.6. The van der Waals surface area contributed by atoms with E-state index in [2.05, 4.69) is 12.1 Å². The van der Waals surface area contributed by atoms with Gasteiger partial charge in [0.25, 0.3) is 11.6 Å². The SMILES string of the molecule is Cc1ccc([C@H]2SCCN2C(=O)c2ccc([N+](=O)[O-])cc2)cc1. The van der Waals surface area contributed by atoms with Crippen molar-refractivity contribution in [1.82, 2.24) is 4.90 Å². The Morgan fingerprint density at radius 1 is 1.17 bits per heavy atom. The van der Waals surface area contributed by atoms with Gasteiger partial charge >= 0.3 is 0 Å². The van der Waals surface area contributed by atoms with Crippen molar-refractivity contribution in [2.24, 2.45) is 0 Å². The molecule has 1 aliphatic heterocycles. The fourth-order valence-corrected chi connectivity index (χ4v) is 3.83. The Morgan fingerprint density at radius 2 is 1.83 bits per heavy atom. The largest absolute Gasteiger partial charge is 0.322 e. The molecule has 23 heavy (non-hydrogen) atoms. The van der Waals surface area contributed by atoms with Gasteiger partial charge in [0.05, 0.1) is 4.92 Å². The number of non-ortho nitro benzene ring substituents is 1. The van der Waals surface area contributed by atoms with Crippen LogP contribution in [-0.4, -0.2) is 28.0 Å². The van der Waals surface area contributed by atoms with Crippen molar-refractivity contribution < 1.29 is 9.72 Å². The minimum absolute atomic E-state index is 0.00158. The molecule has 1 heterocycles. The van der Waals surface area contributed by atoms with Gasteiger partial charge in [-0.15, -0.1) is 11.8 Å². The summed E-state index contributed by atoms with van der Waals surface area (Å²) in [4.78, 5) is 24.8. The quantitative estimate of drug-likeness (QED) is 0.635. The van der Waals surface area contributed by atoms with Crippen LogP contribution in [-0.2, 0) is 0 Å². The molecule has 0 bridgehead atoms.